The number of hydrogen-bond donors (Lipinski definition) is 0. The van der Waals surface area contributed by atoms with Gasteiger partial charge >= 0.3 is 43.1 Å². The normalized spacial score (nSPS) is 12.8. The van der Waals surface area contributed by atoms with Gasteiger partial charge in [0.2, 0.25) is 34.9 Å². The van der Waals surface area contributed by atoms with Crippen molar-refractivity contribution in [3.63, 3.8) is 0 Å². The molecule has 14 nitrogen and oxygen atoms in total. The largest absolute Gasteiger partial charge is 2.00 e. The van der Waals surface area contributed by atoms with Crippen LogP contribution in [0.5, 0.6) is 0 Å². The van der Waals surface area contributed by atoms with Gasteiger partial charge in [-0.2, -0.15) is 97.8 Å². The Morgan fingerprint density at radius 2 is 0.562 bits per heavy atom. The number of hydrogen-bond acceptors (Lipinski definition) is 12. The molecule has 4 aromatic heterocycles. The average Bonchev–Trinajstić information content (AvgIpc) is 3.19. The van der Waals surface area contributed by atoms with Crippen LogP contribution >= 0.6 is 0 Å². The zero-order chi connectivity index (χ0) is 57.6. The summed E-state index contributed by atoms with van der Waals surface area (Å²) in [6.45, 7) is 13.3. The minimum atomic E-state index is -6.72. The monoisotopic (exact) mass is 1360 g/mol. The van der Waals surface area contributed by atoms with Crippen LogP contribution < -0.4 is 0 Å². The summed E-state index contributed by atoms with van der Waals surface area (Å²) in [7, 11) is -26.9. The van der Waals surface area contributed by atoms with E-state index in [4.69, 9.17) is 0 Å². The summed E-state index contributed by atoms with van der Waals surface area (Å²) in [5.74, 6) is -20.9. The summed E-state index contributed by atoms with van der Waals surface area (Å²) in [5.41, 5.74) is -20.1. The molecule has 418 valence electrons. The minimum absolute atomic E-state index is 0. The Hall–Kier alpha value is -4.53. The number of nitrogens with zero attached hydrogens (tertiary/aromatic N) is 6. The summed E-state index contributed by atoms with van der Waals surface area (Å²) in [4.78, 5) is 13.2. The molecule has 0 N–H and O–H groups in total. The molecule has 0 atom stereocenters. The molecule has 4 rings (SSSR count). The van der Waals surface area contributed by atoms with Gasteiger partial charge in [0, 0.05) is 12.4 Å². The summed E-state index contributed by atoms with van der Waals surface area (Å²) in [6, 6.07) is 8.46. The molecule has 0 bridgehead atoms. The second kappa shape index (κ2) is 24.9. The Morgan fingerprint density at radius 3 is 0.726 bits per heavy atom. The second-order valence-corrected chi connectivity index (χ2v) is 21.3. The van der Waals surface area contributed by atoms with E-state index in [0.717, 1.165) is 19.6 Å². The third kappa shape index (κ3) is 20.3. The molecule has 0 aliphatic rings. The van der Waals surface area contributed by atoms with Crippen LogP contribution in [0.1, 0.15) is 52.7 Å². The molecule has 0 aliphatic heterocycles. The van der Waals surface area contributed by atoms with E-state index in [9.17, 15) is 130 Å². The zero-order valence-corrected chi connectivity index (χ0v) is 41.2. The van der Waals surface area contributed by atoms with Gasteiger partial charge in [-0.1, -0.05) is 41.5 Å². The zero-order valence-electron chi connectivity index (χ0n) is 35.7. The third-order valence-corrected chi connectivity index (χ3v) is 12.4. The molecule has 4 aromatic rings. The predicted molar refractivity (Wildman–Crippen MR) is 200 cm³/mol. The SMILES string of the molecule is CC(C)(C)c1ccnc(-c2cc(C(C)(C)C)ccn2)c1.Fc1nc(F)c(F)c(F)c1F.Fc1nc(F)c(F)c(F)c1F.O=S(=O)([N-]S(=O)(=O)C(F)(F)F)C(F)(F)F.O=S(=O)([N-]S(=O)(=O)C(F)(F)F)C(F)(F)F.[Pt+2]. The molecule has 41 heteroatoms. The van der Waals surface area contributed by atoms with Gasteiger partial charge in [0.15, 0.2) is 40.1 Å². The first-order valence-corrected chi connectivity index (χ1v) is 22.8. The van der Waals surface area contributed by atoms with E-state index in [1.165, 1.54) is 11.1 Å². The Morgan fingerprint density at radius 1 is 0.370 bits per heavy atom. The molecule has 73 heavy (non-hydrogen) atoms. The molecule has 0 aromatic carbocycles. The Balaban J connectivity index is 0. The van der Waals surface area contributed by atoms with Crippen molar-refractivity contribution < 1.29 is 151 Å². The first-order valence-electron chi connectivity index (χ1n) is 17.0. The van der Waals surface area contributed by atoms with E-state index >= 15 is 0 Å². The maximum atomic E-state index is 12.0. The van der Waals surface area contributed by atoms with Crippen molar-refractivity contribution in [1.29, 1.82) is 0 Å². The summed E-state index contributed by atoms with van der Waals surface area (Å²) in [5, 5.41) is 0. The van der Waals surface area contributed by atoms with Gasteiger partial charge in [-0.3, -0.25) is 9.97 Å². The fraction of sp³-hybridized carbons (Fsp3) is 0.375. The molecule has 4 heterocycles. The Labute approximate surface area is 410 Å². The van der Waals surface area contributed by atoms with Crippen molar-refractivity contribution >= 4 is 40.1 Å². The van der Waals surface area contributed by atoms with E-state index < -0.39 is 121 Å². The van der Waals surface area contributed by atoms with Crippen LogP contribution in [0.15, 0.2) is 36.7 Å². The van der Waals surface area contributed by atoms with Crippen molar-refractivity contribution in [3.8, 4) is 11.4 Å². The predicted octanol–water partition coefficient (Wildman–Crippen LogP) is 10.4. The van der Waals surface area contributed by atoms with E-state index in [2.05, 4.69) is 85.7 Å². The topological polar surface area (TPSA) is 216 Å². The van der Waals surface area contributed by atoms with Crippen LogP contribution in [-0.2, 0) is 72.0 Å². The van der Waals surface area contributed by atoms with Crippen molar-refractivity contribution in [3.05, 3.63) is 115 Å². The van der Waals surface area contributed by atoms with E-state index in [1.807, 2.05) is 12.4 Å². The number of alkyl halides is 12. The number of halogens is 22. The molecular formula is C32H24F22N6O8PtS4. The van der Waals surface area contributed by atoms with Gasteiger partial charge in [0.1, 0.15) is 0 Å². The number of sulfonamides is 4. The van der Waals surface area contributed by atoms with Crippen LogP contribution in [0.4, 0.5) is 96.6 Å². The van der Waals surface area contributed by atoms with Crippen molar-refractivity contribution in [1.82, 2.24) is 19.9 Å². The average molecular weight is 1360 g/mol. The molecule has 0 radical (unpaired) electrons. The maximum Gasteiger partial charge on any atom is 2.00 e. The quantitative estimate of drug-likeness (QED) is 0.135. The summed E-state index contributed by atoms with van der Waals surface area (Å²) < 4.78 is 338. The van der Waals surface area contributed by atoms with E-state index in [0.29, 0.717) is 0 Å². The van der Waals surface area contributed by atoms with Gasteiger partial charge in [0.05, 0.1) is 11.4 Å². The first-order chi connectivity index (χ1) is 31.7. The number of rotatable bonds is 5. The van der Waals surface area contributed by atoms with Gasteiger partial charge in [-0.15, -0.1) is 0 Å². The molecule has 0 amide bonds. The number of pyridine rings is 4. The van der Waals surface area contributed by atoms with Crippen LogP contribution in [0.25, 0.3) is 19.6 Å². The molecule has 0 unspecified atom stereocenters. The smallest absolute Gasteiger partial charge is 0.421 e. The van der Waals surface area contributed by atoms with Crippen LogP contribution in [0, 0.1) is 58.7 Å². The van der Waals surface area contributed by atoms with Crippen LogP contribution in [-0.4, -0.2) is 75.6 Å². The van der Waals surface area contributed by atoms with Crippen LogP contribution in [0.3, 0.4) is 0 Å². The number of aromatic nitrogens is 4. The fourth-order valence-electron chi connectivity index (χ4n) is 3.43. The Kier molecular flexibility index (Phi) is 24.0. The van der Waals surface area contributed by atoms with Crippen LogP contribution in [0.2, 0.25) is 0 Å². The summed E-state index contributed by atoms with van der Waals surface area (Å²) in [6.07, 6.45) is 3.75. The van der Waals surface area contributed by atoms with Crippen molar-refractivity contribution in [2.45, 2.75) is 74.4 Å². The standard InChI is InChI=1S/C18H24N2.2C5F5N.2C2F6NO4S2.Pt/c1-17(2,3)13-7-9-19-15(11-13)16-12-14(8-10-20-16)18(4,5)6;2*6-1-2(7)4(9)11-5(10)3(1)8;2*3-1(4,5)14(10,11)9-15(12,13)2(6,7)8;/h7-12H,1-6H3;;;;;/q;;;2*-1;+2. The molecule has 0 saturated heterocycles. The molecule has 0 fully saturated rings. The van der Waals surface area contributed by atoms with Crippen molar-refractivity contribution in [2.24, 2.45) is 0 Å². The summed E-state index contributed by atoms with van der Waals surface area (Å²) >= 11 is 0. The molecule has 0 saturated carbocycles. The van der Waals surface area contributed by atoms with Gasteiger partial charge in [-0.25, -0.2) is 42.5 Å². The van der Waals surface area contributed by atoms with E-state index in [-0.39, 0.29) is 31.9 Å². The van der Waals surface area contributed by atoms with Gasteiger partial charge in [-0.05, 0) is 46.2 Å². The fourth-order valence-corrected chi connectivity index (χ4v) is 6.84. The first kappa shape index (κ1) is 70.5. The second-order valence-electron chi connectivity index (χ2n) is 14.5. The molecule has 0 aliphatic carbocycles. The minimum Gasteiger partial charge on any atom is -0.421 e. The van der Waals surface area contributed by atoms with Gasteiger partial charge in [0.25, 0.3) is 23.8 Å². The third-order valence-electron chi connectivity index (χ3n) is 6.96. The van der Waals surface area contributed by atoms with Crippen molar-refractivity contribution in [2.75, 3.05) is 0 Å². The van der Waals surface area contributed by atoms with Gasteiger partial charge < -0.3 is 8.25 Å². The molecule has 0 spiro atoms. The Bertz CT molecular complexity index is 2680. The maximum absolute atomic E-state index is 12.0. The molecular weight excluding hydrogens is 1340 g/mol. The van der Waals surface area contributed by atoms with E-state index in [1.54, 1.807) is 0 Å².